The number of carbonyl (C=O) groups excluding carboxylic acids is 1. The molecule has 1 aromatic heterocycles. The van der Waals surface area contributed by atoms with E-state index < -0.39 is 6.09 Å². The van der Waals surface area contributed by atoms with Gasteiger partial charge in [-0.1, -0.05) is 48.5 Å². The molecule has 2 aromatic carbocycles. The molecular formula is C21H20N2O2. The van der Waals surface area contributed by atoms with Crippen molar-refractivity contribution in [1.82, 2.24) is 4.98 Å². The second-order valence-electron chi connectivity index (χ2n) is 5.81. The molecule has 0 aliphatic carbocycles. The minimum atomic E-state index is -0.462. The van der Waals surface area contributed by atoms with E-state index in [2.05, 4.69) is 22.4 Å². The van der Waals surface area contributed by atoms with Crippen LogP contribution in [0.3, 0.4) is 0 Å². The molecule has 25 heavy (non-hydrogen) atoms. The SMILES string of the molecule is C[C@H](Cc1ccccn1)OC(=O)Nc1ccc(-c2ccccc2)cc1. The Morgan fingerprint density at radius 3 is 2.32 bits per heavy atom. The number of ether oxygens (including phenoxy) is 1. The smallest absolute Gasteiger partial charge is 0.411 e. The van der Waals surface area contributed by atoms with Gasteiger partial charge >= 0.3 is 6.09 Å². The lowest BCUT2D eigenvalue weighted by Crippen LogP contribution is -2.22. The van der Waals surface area contributed by atoms with Crippen LogP contribution in [-0.2, 0) is 11.2 Å². The van der Waals surface area contributed by atoms with Gasteiger partial charge in [-0.05, 0) is 42.3 Å². The number of nitrogens with zero attached hydrogens (tertiary/aromatic N) is 1. The molecule has 4 nitrogen and oxygen atoms in total. The third kappa shape index (κ3) is 4.91. The highest BCUT2D eigenvalue weighted by Gasteiger charge is 2.11. The van der Waals surface area contributed by atoms with Crippen molar-refractivity contribution in [2.75, 3.05) is 5.32 Å². The minimum Gasteiger partial charge on any atom is -0.446 e. The van der Waals surface area contributed by atoms with Gasteiger partial charge in [0.05, 0.1) is 0 Å². The highest BCUT2D eigenvalue weighted by molar-refractivity contribution is 5.85. The summed E-state index contributed by atoms with van der Waals surface area (Å²) in [6, 6.07) is 23.5. The molecule has 0 aliphatic rings. The van der Waals surface area contributed by atoms with Crippen molar-refractivity contribution in [3.8, 4) is 11.1 Å². The number of carbonyl (C=O) groups is 1. The maximum atomic E-state index is 12.0. The molecule has 0 spiro atoms. The van der Waals surface area contributed by atoms with Crippen LogP contribution in [0.4, 0.5) is 10.5 Å². The van der Waals surface area contributed by atoms with E-state index in [0.29, 0.717) is 12.1 Å². The van der Waals surface area contributed by atoms with Crippen LogP contribution >= 0.6 is 0 Å². The standard InChI is InChI=1S/C21H20N2O2/c1-16(15-20-9-5-6-14-22-20)25-21(24)23-19-12-10-18(11-13-19)17-7-3-2-4-8-17/h2-14,16H,15H2,1H3,(H,23,24)/t16-/m1/s1. The van der Waals surface area contributed by atoms with Crippen LogP contribution in [0.1, 0.15) is 12.6 Å². The molecule has 0 aliphatic heterocycles. The maximum absolute atomic E-state index is 12.0. The van der Waals surface area contributed by atoms with Crippen molar-refractivity contribution < 1.29 is 9.53 Å². The van der Waals surface area contributed by atoms with Crippen LogP contribution in [-0.4, -0.2) is 17.2 Å². The Labute approximate surface area is 147 Å². The van der Waals surface area contributed by atoms with Crippen molar-refractivity contribution in [3.05, 3.63) is 84.7 Å². The van der Waals surface area contributed by atoms with E-state index in [1.165, 1.54) is 0 Å². The minimum absolute atomic E-state index is 0.251. The number of rotatable bonds is 5. The molecule has 1 N–H and O–H groups in total. The summed E-state index contributed by atoms with van der Waals surface area (Å²) in [7, 11) is 0. The number of benzene rings is 2. The fourth-order valence-electron chi connectivity index (χ4n) is 2.56. The van der Waals surface area contributed by atoms with Crippen LogP contribution in [0.25, 0.3) is 11.1 Å². The van der Waals surface area contributed by atoms with Gasteiger partial charge in [-0.3, -0.25) is 10.3 Å². The Morgan fingerprint density at radius 1 is 0.960 bits per heavy atom. The lowest BCUT2D eigenvalue weighted by Gasteiger charge is -2.13. The van der Waals surface area contributed by atoms with Crippen molar-refractivity contribution in [3.63, 3.8) is 0 Å². The van der Waals surface area contributed by atoms with Crippen LogP contribution in [0, 0.1) is 0 Å². The first-order chi connectivity index (χ1) is 12.2. The Balaban J connectivity index is 1.54. The number of pyridine rings is 1. The van der Waals surface area contributed by atoms with Crippen molar-refractivity contribution in [1.29, 1.82) is 0 Å². The van der Waals surface area contributed by atoms with E-state index in [0.717, 1.165) is 16.8 Å². The molecule has 1 amide bonds. The first-order valence-corrected chi connectivity index (χ1v) is 8.24. The predicted molar refractivity (Wildman–Crippen MR) is 99.4 cm³/mol. The molecular weight excluding hydrogens is 312 g/mol. The number of anilines is 1. The van der Waals surface area contributed by atoms with Gasteiger partial charge in [-0.15, -0.1) is 0 Å². The van der Waals surface area contributed by atoms with Crippen LogP contribution in [0.15, 0.2) is 79.0 Å². The summed E-state index contributed by atoms with van der Waals surface area (Å²) in [5.74, 6) is 0. The monoisotopic (exact) mass is 332 g/mol. The molecule has 0 saturated heterocycles. The van der Waals surface area contributed by atoms with Crippen LogP contribution < -0.4 is 5.32 Å². The molecule has 0 saturated carbocycles. The molecule has 126 valence electrons. The molecule has 1 atom stereocenters. The van der Waals surface area contributed by atoms with Crippen LogP contribution in [0.5, 0.6) is 0 Å². The first-order valence-electron chi connectivity index (χ1n) is 8.24. The van der Waals surface area contributed by atoms with Crippen molar-refractivity contribution in [2.24, 2.45) is 0 Å². The van der Waals surface area contributed by atoms with E-state index >= 15 is 0 Å². The number of hydrogen-bond donors (Lipinski definition) is 1. The Kier molecular flexibility index (Phi) is 5.42. The number of amides is 1. The fourth-order valence-corrected chi connectivity index (χ4v) is 2.56. The Bertz CT molecular complexity index is 802. The molecule has 1 heterocycles. The summed E-state index contributed by atoms with van der Waals surface area (Å²) < 4.78 is 5.38. The quantitative estimate of drug-likeness (QED) is 0.721. The first kappa shape index (κ1) is 16.7. The summed E-state index contributed by atoms with van der Waals surface area (Å²) in [6.45, 7) is 1.85. The average molecular weight is 332 g/mol. The lowest BCUT2D eigenvalue weighted by atomic mass is 10.1. The topological polar surface area (TPSA) is 51.2 Å². The summed E-state index contributed by atoms with van der Waals surface area (Å²) in [4.78, 5) is 16.3. The zero-order valence-electron chi connectivity index (χ0n) is 14.1. The zero-order valence-corrected chi connectivity index (χ0v) is 14.1. The van der Waals surface area contributed by atoms with Crippen molar-refractivity contribution >= 4 is 11.8 Å². The van der Waals surface area contributed by atoms with Gasteiger partial charge in [0.15, 0.2) is 0 Å². The van der Waals surface area contributed by atoms with Gasteiger partial charge in [0.2, 0.25) is 0 Å². The Hall–Kier alpha value is -3.14. The fraction of sp³-hybridized carbons (Fsp3) is 0.143. The van der Waals surface area contributed by atoms with Gasteiger partial charge in [0.1, 0.15) is 6.10 Å². The van der Waals surface area contributed by atoms with Gasteiger partial charge in [0, 0.05) is 24.0 Å². The molecule has 0 fully saturated rings. The highest BCUT2D eigenvalue weighted by Crippen LogP contribution is 2.21. The van der Waals surface area contributed by atoms with E-state index in [1.54, 1.807) is 6.20 Å². The zero-order chi connectivity index (χ0) is 17.5. The highest BCUT2D eigenvalue weighted by atomic mass is 16.6. The summed E-state index contributed by atoms with van der Waals surface area (Å²) in [5.41, 5.74) is 3.84. The third-order valence-corrected chi connectivity index (χ3v) is 3.77. The number of aromatic nitrogens is 1. The molecule has 3 rings (SSSR count). The van der Waals surface area contributed by atoms with Crippen molar-refractivity contribution in [2.45, 2.75) is 19.4 Å². The molecule has 0 unspecified atom stereocenters. The predicted octanol–water partition coefficient (Wildman–Crippen LogP) is 4.93. The third-order valence-electron chi connectivity index (χ3n) is 3.77. The largest absolute Gasteiger partial charge is 0.446 e. The van der Waals surface area contributed by atoms with Gasteiger partial charge in [0.25, 0.3) is 0 Å². The second-order valence-corrected chi connectivity index (χ2v) is 5.81. The second kappa shape index (κ2) is 8.11. The van der Waals surface area contributed by atoms with E-state index in [-0.39, 0.29) is 6.10 Å². The lowest BCUT2D eigenvalue weighted by molar-refractivity contribution is 0.120. The molecule has 3 aromatic rings. The number of hydrogen-bond acceptors (Lipinski definition) is 3. The summed E-state index contributed by atoms with van der Waals surface area (Å²) in [5, 5.41) is 2.76. The maximum Gasteiger partial charge on any atom is 0.411 e. The summed E-state index contributed by atoms with van der Waals surface area (Å²) >= 11 is 0. The molecule has 0 radical (unpaired) electrons. The van der Waals surface area contributed by atoms with E-state index in [1.807, 2.05) is 67.6 Å². The van der Waals surface area contributed by atoms with E-state index in [4.69, 9.17) is 4.74 Å². The Morgan fingerprint density at radius 2 is 1.64 bits per heavy atom. The van der Waals surface area contributed by atoms with Crippen LogP contribution in [0.2, 0.25) is 0 Å². The van der Waals surface area contributed by atoms with Gasteiger partial charge in [-0.25, -0.2) is 4.79 Å². The average Bonchev–Trinajstić information content (AvgIpc) is 2.63. The summed E-state index contributed by atoms with van der Waals surface area (Å²) in [6.07, 6.45) is 1.60. The molecule has 0 bridgehead atoms. The van der Waals surface area contributed by atoms with Gasteiger partial charge < -0.3 is 4.74 Å². The molecule has 4 heteroatoms. The normalized spacial score (nSPS) is 11.6. The number of nitrogens with one attached hydrogen (secondary N) is 1. The van der Waals surface area contributed by atoms with E-state index in [9.17, 15) is 4.79 Å². The van der Waals surface area contributed by atoms with Gasteiger partial charge in [-0.2, -0.15) is 0 Å².